The monoisotopic (exact) mass is 235 g/mol. The zero-order valence-electron chi connectivity index (χ0n) is 9.88. The topological polar surface area (TPSA) is 51.8 Å². The van der Waals surface area contributed by atoms with E-state index in [0.29, 0.717) is 0 Å². The van der Waals surface area contributed by atoms with Gasteiger partial charge in [0, 0.05) is 29.4 Å². The molecule has 1 aromatic carbocycles. The first-order valence-electron chi connectivity index (χ1n) is 5.87. The van der Waals surface area contributed by atoms with Gasteiger partial charge in [-0.2, -0.15) is 0 Å². The van der Waals surface area contributed by atoms with Gasteiger partial charge in [0.2, 0.25) is 0 Å². The third-order valence-corrected chi connectivity index (χ3v) is 2.90. The maximum absolute atomic E-state index is 5.94. The summed E-state index contributed by atoms with van der Waals surface area (Å²) >= 11 is 0. The summed E-state index contributed by atoms with van der Waals surface area (Å²) in [5.41, 5.74) is 9.52. The number of benzene rings is 1. The van der Waals surface area contributed by atoms with Crippen LogP contribution in [0.4, 0.5) is 5.69 Å². The lowest BCUT2D eigenvalue weighted by molar-refractivity contribution is 1.03. The molecule has 0 saturated heterocycles. The smallest absolute Gasteiger partial charge is 0.0934 e. The number of aromatic nitrogens is 2. The Hall–Kier alpha value is -2.42. The lowest BCUT2D eigenvalue weighted by Crippen LogP contribution is -1.96. The molecule has 0 unspecified atom stereocenters. The number of para-hydroxylation sites is 1. The van der Waals surface area contributed by atoms with Gasteiger partial charge >= 0.3 is 0 Å². The van der Waals surface area contributed by atoms with E-state index in [1.54, 1.807) is 6.20 Å². The van der Waals surface area contributed by atoms with Gasteiger partial charge in [0.25, 0.3) is 0 Å². The predicted molar refractivity (Wildman–Crippen MR) is 73.2 cm³/mol. The molecule has 0 fully saturated rings. The van der Waals surface area contributed by atoms with E-state index in [1.807, 2.05) is 42.5 Å². The van der Waals surface area contributed by atoms with Crippen LogP contribution in [0.15, 0.2) is 54.7 Å². The first-order valence-corrected chi connectivity index (χ1v) is 5.87. The second-order valence-electron chi connectivity index (χ2n) is 4.22. The van der Waals surface area contributed by atoms with Gasteiger partial charge in [0.1, 0.15) is 0 Å². The van der Waals surface area contributed by atoms with Gasteiger partial charge < -0.3 is 5.73 Å². The summed E-state index contributed by atoms with van der Waals surface area (Å²) in [5, 5.41) is 1.07. The molecule has 3 rings (SSSR count). The fraction of sp³-hybridized carbons (Fsp3) is 0.0667. The largest absolute Gasteiger partial charge is 0.397 e. The van der Waals surface area contributed by atoms with E-state index in [2.05, 4.69) is 16.0 Å². The van der Waals surface area contributed by atoms with Crippen LogP contribution in [0.25, 0.3) is 10.9 Å². The summed E-state index contributed by atoms with van der Waals surface area (Å²) in [7, 11) is 0. The van der Waals surface area contributed by atoms with Crippen LogP contribution in [0.5, 0.6) is 0 Å². The first kappa shape index (κ1) is 10.7. The average molecular weight is 235 g/mol. The van der Waals surface area contributed by atoms with E-state index in [0.717, 1.165) is 34.4 Å². The van der Waals surface area contributed by atoms with Crippen molar-refractivity contribution < 1.29 is 0 Å². The minimum absolute atomic E-state index is 0.718. The lowest BCUT2D eigenvalue weighted by Gasteiger charge is -2.04. The van der Waals surface area contributed by atoms with Crippen molar-refractivity contribution in [1.29, 1.82) is 0 Å². The average Bonchev–Trinajstić information content (AvgIpc) is 2.41. The van der Waals surface area contributed by atoms with E-state index >= 15 is 0 Å². The van der Waals surface area contributed by atoms with Crippen LogP contribution in [0.1, 0.15) is 11.4 Å². The highest BCUT2D eigenvalue weighted by Crippen LogP contribution is 2.19. The fourth-order valence-electron chi connectivity index (χ4n) is 2.00. The molecule has 3 heteroatoms. The molecule has 2 aromatic heterocycles. The van der Waals surface area contributed by atoms with Crippen LogP contribution in [-0.4, -0.2) is 9.97 Å². The lowest BCUT2D eigenvalue weighted by atomic mass is 10.1. The van der Waals surface area contributed by atoms with Crippen LogP contribution in [0, 0.1) is 0 Å². The molecule has 0 aliphatic heterocycles. The van der Waals surface area contributed by atoms with E-state index in [1.165, 1.54) is 0 Å². The molecule has 18 heavy (non-hydrogen) atoms. The fourth-order valence-corrected chi connectivity index (χ4v) is 2.00. The maximum Gasteiger partial charge on any atom is 0.0934 e. The Labute approximate surface area is 105 Å². The summed E-state index contributed by atoms with van der Waals surface area (Å²) in [6.45, 7) is 0. The van der Waals surface area contributed by atoms with Crippen molar-refractivity contribution in [1.82, 2.24) is 9.97 Å². The number of fused-ring (bicyclic) bond motifs is 1. The highest BCUT2D eigenvalue weighted by molar-refractivity contribution is 5.89. The van der Waals surface area contributed by atoms with Crippen molar-refractivity contribution in [2.24, 2.45) is 0 Å². The Balaban J connectivity index is 2.01. The molecule has 3 aromatic rings. The molecule has 2 heterocycles. The van der Waals surface area contributed by atoms with Gasteiger partial charge in [-0.3, -0.25) is 9.97 Å². The Bertz CT molecular complexity index is 678. The number of nitrogens with two attached hydrogens (primary N) is 1. The maximum atomic E-state index is 5.94. The first-order chi connectivity index (χ1) is 8.83. The SMILES string of the molecule is Nc1cccc2ccc(Cc3ccccn3)nc12. The van der Waals surface area contributed by atoms with Crippen molar-refractivity contribution in [3.05, 3.63) is 66.1 Å². The van der Waals surface area contributed by atoms with E-state index in [4.69, 9.17) is 5.73 Å². The summed E-state index contributed by atoms with van der Waals surface area (Å²) < 4.78 is 0. The van der Waals surface area contributed by atoms with E-state index in [-0.39, 0.29) is 0 Å². The molecular weight excluding hydrogens is 222 g/mol. The van der Waals surface area contributed by atoms with Crippen LogP contribution in [0.2, 0.25) is 0 Å². The normalized spacial score (nSPS) is 10.7. The summed E-state index contributed by atoms with van der Waals surface area (Å²) in [6.07, 6.45) is 2.52. The van der Waals surface area contributed by atoms with Gasteiger partial charge in [-0.25, -0.2) is 0 Å². The molecule has 0 aliphatic carbocycles. The molecule has 0 atom stereocenters. The van der Waals surface area contributed by atoms with Crippen molar-refractivity contribution >= 4 is 16.6 Å². The minimum Gasteiger partial charge on any atom is -0.397 e. The molecule has 0 radical (unpaired) electrons. The predicted octanol–water partition coefficient (Wildman–Crippen LogP) is 2.80. The zero-order valence-corrected chi connectivity index (χ0v) is 9.88. The number of pyridine rings is 2. The Morgan fingerprint density at radius 2 is 1.83 bits per heavy atom. The van der Waals surface area contributed by atoms with Crippen molar-refractivity contribution in [2.75, 3.05) is 5.73 Å². The van der Waals surface area contributed by atoms with Crippen LogP contribution >= 0.6 is 0 Å². The van der Waals surface area contributed by atoms with E-state index < -0.39 is 0 Å². The third kappa shape index (κ3) is 2.02. The highest BCUT2D eigenvalue weighted by Gasteiger charge is 2.02. The molecule has 0 amide bonds. The zero-order chi connectivity index (χ0) is 12.4. The summed E-state index contributed by atoms with van der Waals surface area (Å²) in [5.74, 6) is 0. The van der Waals surface area contributed by atoms with Crippen LogP contribution in [-0.2, 0) is 6.42 Å². The summed E-state index contributed by atoms with van der Waals surface area (Å²) in [4.78, 5) is 8.91. The summed E-state index contributed by atoms with van der Waals surface area (Å²) in [6, 6.07) is 15.8. The second kappa shape index (κ2) is 4.45. The molecule has 0 aliphatic rings. The van der Waals surface area contributed by atoms with Gasteiger partial charge in [0.15, 0.2) is 0 Å². The molecule has 88 valence electrons. The Morgan fingerprint density at radius 1 is 0.889 bits per heavy atom. The highest BCUT2D eigenvalue weighted by atomic mass is 14.8. The van der Waals surface area contributed by atoms with Crippen LogP contribution in [0.3, 0.4) is 0 Å². The van der Waals surface area contributed by atoms with Gasteiger partial charge in [-0.05, 0) is 24.3 Å². The molecule has 0 bridgehead atoms. The van der Waals surface area contributed by atoms with Gasteiger partial charge in [0.05, 0.1) is 11.2 Å². The number of nitrogen functional groups attached to an aromatic ring is 1. The van der Waals surface area contributed by atoms with Crippen molar-refractivity contribution in [2.45, 2.75) is 6.42 Å². The standard InChI is InChI=1S/C15H13N3/c16-14-6-3-4-11-7-8-13(18-15(11)14)10-12-5-1-2-9-17-12/h1-9H,10,16H2. The second-order valence-corrected chi connectivity index (χ2v) is 4.22. The van der Waals surface area contributed by atoms with Crippen molar-refractivity contribution in [3.8, 4) is 0 Å². The molecular formula is C15H13N3. The number of anilines is 1. The van der Waals surface area contributed by atoms with Crippen molar-refractivity contribution in [3.63, 3.8) is 0 Å². The number of hydrogen-bond acceptors (Lipinski definition) is 3. The van der Waals surface area contributed by atoms with E-state index in [9.17, 15) is 0 Å². The number of nitrogens with zero attached hydrogens (tertiary/aromatic N) is 2. The third-order valence-electron chi connectivity index (χ3n) is 2.90. The number of rotatable bonds is 2. The minimum atomic E-state index is 0.718. The van der Waals surface area contributed by atoms with Gasteiger partial charge in [-0.15, -0.1) is 0 Å². The Kier molecular flexibility index (Phi) is 2.65. The Morgan fingerprint density at radius 3 is 2.67 bits per heavy atom. The van der Waals surface area contributed by atoms with Gasteiger partial charge in [-0.1, -0.05) is 24.3 Å². The molecule has 3 nitrogen and oxygen atoms in total. The molecule has 0 spiro atoms. The van der Waals surface area contributed by atoms with Crippen LogP contribution < -0.4 is 5.73 Å². The quantitative estimate of drug-likeness (QED) is 0.695. The molecule has 0 saturated carbocycles. The number of hydrogen-bond donors (Lipinski definition) is 1. The molecule has 2 N–H and O–H groups in total.